The van der Waals surface area contributed by atoms with Gasteiger partial charge < -0.3 is 20.8 Å². The average Bonchev–Trinajstić information content (AvgIpc) is 2.19. The molecular weight excluding hydrogens is 168 g/mol. The van der Waals surface area contributed by atoms with Gasteiger partial charge in [0.1, 0.15) is 0 Å². The van der Waals surface area contributed by atoms with Crippen LogP contribution in [0.3, 0.4) is 0 Å². The van der Waals surface area contributed by atoms with Gasteiger partial charge in [-0.3, -0.25) is 0 Å². The molecule has 4 nitrogen and oxygen atoms in total. The van der Waals surface area contributed by atoms with E-state index in [4.69, 9.17) is 10.8 Å². The van der Waals surface area contributed by atoms with Crippen LogP contribution < -0.4 is 5.73 Å². The maximum Gasteiger partial charge on any atom is 0.0897 e. The Balaban J connectivity index is 2.17. The van der Waals surface area contributed by atoms with Crippen molar-refractivity contribution < 1.29 is 10.2 Å². The lowest BCUT2D eigenvalue weighted by Crippen LogP contribution is -2.41. The first-order chi connectivity index (χ1) is 6.26. The minimum absolute atomic E-state index is 0.142. The van der Waals surface area contributed by atoms with Crippen LogP contribution in [0.2, 0.25) is 0 Å². The van der Waals surface area contributed by atoms with E-state index in [9.17, 15) is 5.11 Å². The molecule has 0 aromatic carbocycles. The third-order valence-electron chi connectivity index (χ3n) is 2.72. The molecule has 0 bridgehead atoms. The second-order valence-electron chi connectivity index (χ2n) is 3.82. The lowest BCUT2D eigenvalue weighted by molar-refractivity contribution is 0.0479. The van der Waals surface area contributed by atoms with E-state index in [0.717, 1.165) is 32.5 Å². The van der Waals surface area contributed by atoms with E-state index in [1.165, 1.54) is 0 Å². The number of hydrogen-bond donors (Lipinski definition) is 3. The second-order valence-corrected chi connectivity index (χ2v) is 3.82. The van der Waals surface area contributed by atoms with E-state index in [2.05, 4.69) is 4.90 Å². The van der Waals surface area contributed by atoms with Crippen molar-refractivity contribution in [2.75, 3.05) is 32.8 Å². The van der Waals surface area contributed by atoms with Gasteiger partial charge in [0.05, 0.1) is 12.7 Å². The van der Waals surface area contributed by atoms with Gasteiger partial charge in [-0.2, -0.15) is 0 Å². The number of β-amino-alcohol motifs (C(OH)–C–C–N with tert-alkyl or cyclic N) is 1. The van der Waals surface area contributed by atoms with Gasteiger partial charge in [0.15, 0.2) is 0 Å². The molecule has 0 aromatic rings. The molecular formula is C9H20N2O2. The Labute approximate surface area is 79.3 Å². The number of piperidine rings is 1. The number of nitrogens with two attached hydrogens (primary N) is 1. The Bertz CT molecular complexity index is 136. The Hall–Kier alpha value is -0.160. The second kappa shape index (κ2) is 5.54. The smallest absolute Gasteiger partial charge is 0.0897 e. The lowest BCUT2D eigenvalue weighted by Gasteiger charge is -2.32. The van der Waals surface area contributed by atoms with E-state index in [0.29, 0.717) is 12.5 Å². The molecule has 1 atom stereocenters. The predicted molar refractivity (Wildman–Crippen MR) is 51.3 cm³/mol. The fourth-order valence-electron chi connectivity index (χ4n) is 1.76. The van der Waals surface area contributed by atoms with Crippen LogP contribution in [0.15, 0.2) is 0 Å². The molecule has 1 fully saturated rings. The summed E-state index contributed by atoms with van der Waals surface area (Å²) in [5, 5.41) is 17.9. The summed E-state index contributed by atoms with van der Waals surface area (Å²) in [6.45, 7) is 3.22. The van der Waals surface area contributed by atoms with Crippen LogP contribution in [0.5, 0.6) is 0 Å². The Morgan fingerprint density at radius 3 is 2.46 bits per heavy atom. The number of rotatable bonds is 4. The summed E-state index contributed by atoms with van der Waals surface area (Å²) >= 11 is 0. The molecule has 4 heteroatoms. The van der Waals surface area contributed by atoms with Gasteiger partial charge in [-0.1, -0.05) is 0 Å². The molecule has 0 aromatic heterocycles. The minimum Gasteiger partial charge on any atom is -0.394 e. The molecule has 1 heterocycles. The summed E-state index contributed by atoms with van der Waals surface area (Å²) in [7, 11) is 0. The van der Waals surface area contributed by atoms with Crippen molar-refractivity contribution in [1.29, 1.82) is 0 Å². The zero-order chi connectivity index (χ0) is 9.68. The first kappa shape index (κ1) is 10.9. The highest BCUT2D eigenvalue weighted by Gasteiger charge is 2.19. The molecule has 0 saturated carbocycles. The molecule has 1 rings (SSSR count). The van der Waals surface area contributed by atoms with Crippen molar-refractivity contribution in [3.05, 3.63) is 0 Å². The number of hydrogen-bond acceptors (Lipinski definition) is 4. The van der Waals surface area contributed by atoms with Crippen LogP contribution in [0, 0.1) is 5.92 Å². The SMILES string of the molecule is NCC1CCN(CC(O)CO)CC1. The van der Waals surface area contributed by atoms with Crippen LogP contribution >= 0.6 is 0 Å². The summed E-state index contributed by atoms with van der Waals surface area (Å²) in [6, 6.07) is 0. The Morgan fingerprint density at radius 1 is 1.38 bits per heavy atom. The summed E-state index contributed by atoms with van der Waals surface area (Å²) in [4.78, 5) is 2.19. The number of aliphatic hydroxyl groups is 2. The van der Waals surface area contributed by atoms with E-state index in [1.807, 2.05) is 0 Å². The van der Waals surface area contributed by atoms with Crippen LogP contribution in [0.25, 0.3) is 0 Å². The summed E-state index contributed by atoms with van der Waals surface area (Å²) < 4.78 is 0. The first-order valence-corrected chi connectivity index (χ1v) is 4.97. The minimum atomic E-state index is -0.588. The fourth-order valence-corrected chi connectivity index (χ4v) is 1.76. The number of nitrogens with zero attached hydrogens (tertiary/aromatic N) is 1. The third kappa shape index (κ3) is 3.60. The molecule has 1 aliphatic heterocycles. The van der Waals surface area contributed by atoms with E-state index in [-0.39, 0.29) is 6.61 Å². The van der Waals surface area contributed by atoms with Crippen LogP contribution in [0.1, 0.15) is 12.8 Å². The highest BCUT2D eigenvalue weighted by atomic mass is 16.3. The Kier molecular flexibility index (Phi) is 4.66. The molecule has 0 radical (unpaired) electrons. The average molecular weight is 188 g/mol. The van der Waals surface area contributed by atoms with Crippen molar-refractivity contribution >= 4 is 0 Å². The van der Waals surface area contributed by atoms with Gasteiger partial charge in [0.25, 0.3) is 0 Å². The van der Waals surface area contributed by atoms with Crippen molar-refractivity contribution in [2.24, 2.45) is 11.7 Å². The highest BCUT2D eigenvalue weighted by Crippen LogP contribution is 2.15. The van der Waals surface area contributed by atoms with Crippen molar-refractivity contribution in [3.8, 4) is 0 Å². The summed E-state index contributed by atoms with van der Waals surface area (Å²) in [5.74, 6) is 0.655. The van der Waals surface area contributed by atoms with Crippen molar-refractivity contribution in [1.82, 2.24) is 4.90 Å². The van der Waals surface area contributed by atoms with Crippen LogP contribution in [-0.4, -0.2) is 54.0 Å². The molecule has 13 heavy (non-hydrogen) atoms. The number of likely N-dealkylation sites (tertiary alicyclic amines) is 1. The third-order valence-corrected chi connectivity index (χ3v) is 2.72. The number of aliphatic hydroxyl groups excluding tert-OH is 2. The van der Waals surface area contributed by atoms with Gasteiger partial charge >= 0.3 is 0 Å². The van der Waals surface area contributed by atoms with E-state index >= 15 is 0 Å². The normalized spacial score (nSPS) is 23.3. The van der Waals surface area contributed by atoms with Crippen LogP contribution in [0.4, 0.5) is 0 Å². The summed E-state index contributed by atoms with van der Waals surface area (Å²) in [6.07, 6.45) is 1.65. The van der Waals surface area contributed by atoms with Gasteiger partial charge in [-0.25, -0.2) is 0 Å². The lowest BCUT2D eigenvalue weighted by atomic mass is 9.97. The van der Waals surface area contributed by atoms with Gasteiger partial charge in [-0.15, -0.1) is 0 Å². The first-order valence-electron chi connectivity index (χ1n) is 4.97. The zero-order valence-electron chi connectivity index (χ0n) is 8.02. The molecule has 1 unspecified atom stereocenters. The van der Waals surface area contributed by atoms with Crippen molar-refractivity contribution in [3.63, 3.8) is 0 Å². The highest BCUT2D eigenvalue weighted by molar-refractivity contribution is 4.74. The predicted octanol–water partition coefficient (Wildman–Crippen LogP) is -0.990. The fraction of sp³-hybridized carbons (Fsp3) is 1.00. The van der Waals surface area contributed by atoms with Gasteiger partial charge in [-0.05, 0) is 38.4 Å². The molecule has 78 valence electrons. The molecule has 1 saturated heterocycles. The molecule has 0 spiro atoms. The summed E-state index contributed by atoms with van der Waals surface area (Å²) in [5.41, 5.74) is 5.57. The molecule has 4 N–H and O–H groups in total. The van der Waals surface area contributed by atoms with Gasteiger partial charge in [0, 0.05) is 6.54 Å². The van der Waals surface area contributed by atoms with E-state index < -0.39 is 6.10 Å². The van der Waals surface area contributed by atoms with Gasteiger partial charge in [0.2, 0.25) is 0 Å². The largest absolute Gasteiger partial charge is 0.394 e. The maximum absolute atomic E-state index is 9.22. The molecule has 0 amide bonds. The Morgan fingerprint density at radius 2 is 2.00 bits per heavy atom. The maximum atomic E-state index is 9.22. The monoisotopic (exact) mass is 188 g/mol. The zero-order valence-corrected chi connectivity index (χ0v) is 8.02. The molecule has 0 aliphatic carbocycles. The molecule has 1 aliphatic rings. The van der Waals surface area contributed by atoms with Crippen molar-refractivity contribution in [2.45, 2.75) is 18.9 Å². The van der Waals surface area contributed by atoms with Crippen LogP contribution in [-0.2, 0) is 0 Å². The van der Waals surface area contributed by atoms with E-state index in [1.54, 1.807) is 0 Å². The quantitative estimate of drug-likeness (QED) is 0.530. The standard InChI is InChI=1S/C9H20N2O2/c10-5-8-1-3-11(4-2-8)6-9(13)7-12/h8-9,12-13H,1-7,10H2. The topological polar surface area (TPSA) is 69.7 Å².